The molecule has 1 aliphatic carbocycles. The van der Waals surface area contributed by atoms with Crippen LogP contribution in [-0.4, -0.2) is 26.0 Å². The molecule has 1 fully saturated rings. The zero-order valence-corrected chi connectivity index (χ0v) is 13.6. The van der Waals surface area contributed by atoms with Gasteiger partial charge in [0.2, 0.25) is 10.0 Å². The fourth-order valence-corrected chi connectivity index (χ4v) is 4.25. The smallest absolute Gasteiger partial charge is 0.337 e. The van der Waals surface area contributed by atoms with Gasteiger partial charge in [0.1, 0.15) is 4.90 Å². The van der Waals surface area contributed by atoms with Gasteiger partial charge in [0.25, 0.3) is 0 Å². The van der Waals surface area contributed by atoms with Crippen molar-refractivity contribution in [3.8, 4) is 0 Å². The summed E-state index contributed by atoms with van der Waals surface area (Å²) in [6, 6.07) is 2.12. The predicted octanol–water partition coefficient (Wildman–Crippen LogP) is 3.16. The maximum atomic E-state index is 12.3. The number of carbonyl (C=O) groups is 1. The molecule has 2 N–H and O–H groups in total. The van der Waals surface area contributed by atoms with E-state index in [0.717, 1.165) is 31.4 Å². The first-order valence-electron chi connectivity index (χ1n) is 6.37. The Morgan fingerprint density at radius 1 is 1.33 bits per heavy atom. The molecule has 0 spiro atoms. The maximum Gasteiger partial charge on any atom is 0.337 e. The zero-order chi connectivity index (χ0) is 15.8. The van der Waals surface area contributed by atoms with E-state index in [9.17, 15) is 13.2 Å². The largest absolute Gasteiger partial charge is 0.478 e. The van der Waals surface area contributed by atoms with Crippen molar-refractivity contribution in [2.45, 2.75) is 31.1 Å². The van der Waals surface area contributed by atoms with E-state index in [1.54, 1.807) is 0 Å². The van der Waals surface area contributed by atoms with Crippen molar-refractivity contribution in [3.05, 3.63) is 27.7 Å². The molecular formula is C13H15Cl2NO4S. The summed E-state index contributed by atoms with van der Waals surface area (Å²) in [5.41, 5.74) is -0.335. The average molecular weight is 352 g/mol. The van der Waals surface area contributed by atoms with Crippen LogP contribution in [0.4, 0.5) is 0 Å². The number of hydrogen-bond acceptors (Lipinski definition) is 3. The number of nitrogens with one attached hydrogen (secondary N) is 1. The minimum Gasteiger partial charge on any atom is -0.478 e. The monoisotopic (exact) mass is 351 g/mol. The lowest BCUT2D eigenvalue weighted by Crippen LogP contribution is -2.40. The van der Waals surface area contributed by atoms with Crippen LogP contribution in [0.25, 0.3) is 0 Å². The molecule has 1 aromatic carbocycles. The molecule has 0 radical (unpaired) electrons. The van der Waals surface area contributed by atoms with E-state index < -0.39 is 16.0 Å². The maximum absolute atomic E-state index is 12.3. The second kappa shape index (κ2) is 5.76. The highest BCUT2D eigenvalue weighted by atomic mass is 35.5. The van der Waals surface area contributed by atoms with Crippen molar-refractivity contribution in [1.82, 2.24) is 4.72 Å². The number of carboxylic acid groups (broad SMARTS) is 1. The molecule has 5 nitrogen and oxygen atoms in total. The SMILES string of the molecule is CC1(CNS(=O)(=O)c2cc(C(=O)O)c(Cl)cc2Cl)CCC1. The summed E-state index contributed by atoms with van der Waals surface area (Å²) in [5, 5.41) is 8.81. The molecule has 2 rings (SSSR count). The number of halogens is 2. The predicted molar refractivity (Wildman–Crippen MR) is 80.6 cm³/mol. The topological polar surface area (TPSA) is 83.5 Å². The number of rotatable bonds is 5. The molecule has 0 unspecified atom stereocenters. The number of hydrogen-bond donors (Lipinski definition) is 2. The third-order valence-corrected chi connectivity index (χ3v) is 5.97. The Morgan fingerprint density at radius 3 is 2.43 bits per heavy atom. The second-order valence-electron chi connectivity index (χ2n) is 5.56. The van der Waals surface area contributed by atoms with Gasteiger partial charge in [-0.1, -0.05) is 36.5 Å². The van der Waals surface area contributed by atoms with Crippen LogP contribution in [0.15, 0.2) is 17.0 Å². The first-order chi connectivity index (χ1) is 9.65. The van der Waals surface area contributed by atoms with Crippen molar-refractivity contribution in [3.63, 3.8) is 0 Å². The molecule has 0 heterocycles. The van der Waals surface area contributed by atoms with Crippen LogP contribution in [0.5, 0.6) is 0 Å². The molecule has 0 aliphatic heterocycles. The van der Waals surface area contributed by atoms with Crippen LogP contribution in [-0.2, 0) is 10.0 Å². The molecule has 1 aliphatic rings. The van der Waals surface area contributed by atoms with Crippen LogP contribution < -0.4 is 4.72 Å². The summed E-state index contributed by atoms with van der Waals surface area (Å²) < 4.78 is 27.1. The van der Waals surface area contributed by atoms with E-state index in [2.05, 4.69) is 4.72 Å². The van der Waals surface area contributed by atoms with E-state index in [1.165, 1.54) is 0 Å². The van der Waals surface area contributed by atoms with Crippen LogP contribution in [0.1, 0.15) is 36.5 Å². The Labute approximate surface area is 133 Å². The van der Waals surface area contributed by atoms with Crippen molar-refractivity contribution in [2.24, 2.45) is 5.41 Å². The van der Waals surface area contributed by atoms with E-state index in [-0.39, 0.29) is 25.9 Å². The summed E-state index contributed by atoms with van der Waals surface area (Å²) >= 11 is 11.6. The van der Waals surface area contributed by atoms with Crippen LogP contribution in [0.2, 0.25) is 10.0 Å². The fraction of sp³-hybridized carbons (Fsp3) is 0.462. The Kier molecular flexibility index (Phi) is 4.54. The van der Waals surface area contributed by atoms with Gasteiger partial charge in [0, 0.05) is 6.54 Å². The first-order valence-corrected chi connectivity index (χ1v) is 8.61. The van der Waals surface area contributed by atoms with Crippen molar-refractivity contribution in [2.75, 3.05) is 6.54 Å². The highest BCUT2D eigenvalue weighted by Gasteiger charge is 2.33. The average Bonchev–Trinajstić information content (AvgIpc) is 2.33. The van der Waals surface area contributed by atoms with Crippen LogP contribution in [0.3, 0.4) is 0 Å². The summed E-state index contributed by atoms with van der Waals surface area (Å²) in [4.78, 5) is 10.8. The van der Waals surface area contributed by atoms with Gasteiger partial charge in [0.05, 0.1) is 15.6 Å². The third kappa shape index (κ3) is 3.51. The van der Waals surface area contributed by atoms with Crippen molar-refractivity contribution >= 4 is 39.2 Å². The molecule has 0 saturated heterocycles. The van der Waals surface area contributed by atoms with Gasteiger partial charge >= 0.3 is 5.97 Å². The normalized spacial score (nSPS) is 17.3. The molecule has 8 heteroatoms. The lowest BCUT2D eigenvalue weighted by molar-refractivity contribution is 0.0697. The van der Waals surface area contributed by atoms with Gasteiger partial charge in [-0.25, -0.2) is 17.9 Å². The quantitative estimate of drug-likeness (QED) is 0.853. The van der Waals surface area contributed by atoms with Crippen LogP contribution in [0, 0.1) is 5.41 Å². The van der Waals surface area contributed by atoms with Gasteiger partial charge in [0.15, 0.2) is 0 Å². The first kappa shape index (κ1) is 16.5. The number of carboxylic acids is 1. The summed E-state index contributed by atoms with van der Waals surface area (Å²) in [7, 11) is -3.88. The summed E-state index contributed by atoms with van der Waals surface area (Å²) in [6.45, 7) is 2.31. The molecule has 0 atom stereocenters. The lowest BCUT2D eigenvalue weighted by atomic mass is 9.71. The highest BCUT2D eigenvalue weighted by molar-refractivity contribution is 7.89. The minimum atomic E-state index is -3.88. The van der Waals surface area contributed by atoms with Crippen molar-refractivity contribution in [1.29, 1.82) is 0 Å². The molecule has 0 amide bonds. The molecule has 1 saturated carbocycles. The van der Waals surface area contributed by atoms with E-state index in [0.29, 0.717) is 6.54 Å². The van der Waals surface area contributed by atoms with Gasteiger partial charge in [-0.15, -0.1) is 0 Å². The standard InChI is InChI=1S/C13H15Cl2NO4S/c1-13(3-2-4-13)7-16-21(19,20)11-5-8(12(17)18)9(14)6-10(11)15/h5-6,16H,2-4,7H2,1H3,(H,17,18). The number of aromatic carboxylic acids is 1. The molecule has 116 valence electrons. The molecule has 0 bridgehead atoms. The molecule has 1 aromatic rings. The Hall–Kier alpha value is -0.820. The summed E-state index contributed by atoms with van der Waals surface area (Å²) in [6.07, 6.45) is 3.01. The summed E-state index contributed by atoms with van der Waals surface area (Å²) in [5.74, 6) is -1.31. The lowest BCUT2D eigenvalue weighted by Gasteiger charge is -2.38. The molecule has 0 aromatic heterocycles. The molecule has 21 heavy (non-hydrogen) atoms. The van der Waals surface area contributed by atoms with E-state index >= 15 is 0 Å². The fourth-order valence-electron chi connectivity index (χ4n) is 2.20. The van der Waals surface area contributed by atoms with Gasteiger partial charge in [-0.3, -0.25) is 0 Å². The van der Waals surface area contributed by atoms with Crippen LogP contribution >= 0.6 is 23.2 Å². The third-order valence-electron chi connectivity index (χ3n) is 3.79. The van der Waals surface area contributed by atoms with E-state index in [4.69, 9.17) is 28.3 Å². The Balaban J connectivity index is 2.30. The molecular weight excluding hydrogens is 337 g/mol. The number of sulfonamides is 1. The Morgan fingerprint density at radius 2 is 1.95 bits per heavy atom. The minimum absolute atomic E-state index is 0.0401. The van der Waals surface area contributed by atoms with E-state index in [1.807, 2.05) is 6.92 Å². The van der Waals surface area contributed by atoms with Crippen molar-refractivity contribution < 1.29 is 18.3 Å². The second-order valence-corrected chi connectivity index (χ2v) is 8.11. The number of benzene rings is 1. The van der Waals surface area contributed by atoms with Gasteiger partial charge in [-0.05, 0) is 30.4 Å². The highest BCUT2D eigenvalue weighted by Crippen LogP contribution is 2.40. The van der Waals surface area contributed by atoms with Gasteiger partial charge < -0.3 is 5.11 Å². The van der Waals surface area contributed by atoms with Gasteiger partial charge in [-0.2, -0.15) is 0 Å². The zero-order valence-electron chi connectivity index (χ0n) is 11.3. The Bertz CT molecular complexity index is 684.